The summed E-state index contributed by atoms with van der Waals surface area (Å²) in [5.74, 6) is 0.861. The molecule has 0 aromatic heterocycles. The highest BCUT2D eigenvalue weighted by Crippen LogP contribution is 2.25. The molecule has 0 aliphatic rings. The van der Waals surface area contributed by atoms with E-state index >= 15 is 0 Å². The Bertz CT molecular complexity index is 1090. The molecule has 0 heterocycles. The van der Waals surface area contributed by atoms with Crippen molar-refractivity contribution < 1.29 is 14.5 Å². The molecule has 4 rings (SSSR count). The van der Waals surface area contributed by atoms with Crippen molar-refractivity contribution >= 4 is 5.91 Å². The molecule has 178 valence electrons. The van der Waals surface area contributed by atoms with Gasteiger partial charge in [0, 0.05) is 11.6 Å². The second kappa shape index (κ2) is 12.4. The van der Waals surface area contributed by atoms with Crippen molar-refractivity contribution in [1.82, 2.24) is 5.23 Å². The van der Waals surface area contributed by atoms with Gasteiger partial charge in [0.2, 0.25) is 0 Å². The smallest absolute Gasteiger partial charge is 0.296 e. The number of rotatable bonds is 11. The molecule has 0 unspecified atom stereocenters. The number of unbranched alkanes of at least 4 members (excludes halogenated alkanes) is 3. The predicted molar refractivity (Wildman–Crippen MR) is 141 cm³/mol. The minimum absolute atomic E-state index is 0.208. The van der Waals surface area contributed by atoms with E-state index in [-0.39, 0.29) is 5.91 Å². The van der Waals surface area contributed by atoms with Gasteiger partial charge >= 0.3 is 0 Å². The van der Waals surface area contributed by atoms with Crippen LogP contribution in [-0.2, 0) is 4.79 Å². The minimum atomic E-state index is -0.208. The summed E-state index contributed by atoms with van der Waals surface area (Å²) >= 11 is 0. The maximum Gasteiger partial charge on any atom is 0.296 e. The van der Waals surface area contributed by atoms with Gasteiger partial charge in [-0.1, -0.05) is 111 Å². The molecule has 1 amide bonds. The number of amides is 1. The Morgan fingerprint density at radius 2 is 1.00 bits per heavy atom. The summed E-state index contributed by atoms with van der Waals surface area (Å²) in [6.07, 6.45) is 4.40. The van der Waals surface area contributed by atoms with Crippen molar-refractivity contribution in [2.24, 2.45) is 0 Å². The summed E-state index contributed by atoms with van der Waals surface area (Å²) in [7, 11) is 0. The first kappa shape index (κ1) is 24.1. The van der Waals surface area contributed by atoms with Gasteiger partial charge in [0.1, 0.15) is 0 Å². The molecule has 0 saturated heterocycles. The van der Waals surface area contributed by atoms with Gasteiger partial charge in [-0.2, -0.15) is 0 Å². The summed E-state index contributed by atoms with van der Waals surface area (Å²) in [6, 6.07) is 35.6. The Morgan fingerprint density at radius 1 is 0.571 bits per heavy atom. The molecule has 0 aliphatic heterocycles. The van der Waals surface area contributed by atoms with E-state index in [4.69, 9.17) is 9.68 Å². The van der Waals surface area contributed by atoms with Crippen LogP contribution < -0.4 is 9.68 Å². The van der Waals surface area contributed by atoms with Crippen LogP contribution in [0.15, 0.2) is 109 Å². The molecular weight excluding hydrogens is 434 g/mol. The van der Waals surface area contributed by atoms with Crippen LogP contribution >= 0.6 is 0 Å². The predicted octanol–water partition coefficient (Wildman–Crippen LogP) is 8.11. The van der Waals surface area contributed by atoms with E-state index in [1.165, 1.54) is 0 Å². The van der Waals surface area contributed by atoms with E-state index < -0.39 is 0 Å². The van der Waals surface area contributed by atoms with Gasteiger partial charge in [0.05, 0.1) is 0 Å². The molecule has 0 N–H and O–H groups in total. The summed E-state index contributed by atoms with van der Waals surface area (Å²) in [4.78, 5) is 24.8. The third-order valence-corrected chi connectivity index (χ3v) is 5.75. The second-order valence-corrected chi connectivity index (χ2v) is 8.42. The number of carbonyl (C=O) groups excluding carboxylic acids is 1. The molecule has 0 atom stereocenters. The number of hydroxylamine groups is 2. The molecule has 0 bridgehead atoms. The van der Waals surface area contributed by atoms with Crippen molar-refractivity contribution in [3.8, 4) is 33.8 Å². The van der Waals surface area contributed by atoms with E-state index in [9.17, 15) is 4.79 Å². The van der Waals surface area contributed by atoms with Gasteiger partial charge in [-0.25, -0.2) is 0 Å². The lowest BCUT2D eigenvalue weighted by Gasteiger charge is -2.22. The molecule has 0 radical (unpaired) electrons. The zero-order chi connectivity index (χ0) is 24.3. The SMILES string of the molecule is CCCCCCC(=O)N(Oc1ccc(-c2ccccc2)cc1)Oc1ccc(-c2ccccc2)cc1. The molecule has 4 aromatic carbocycles. The van der Waals surface area contributed by atoms with E-state index in [1.807, 2.05) is 84.9 Å². The molecule has 0 aliphatic carbocycles. The van der Waals surface area contributed by atoms with Gasteiger partial charge in [0.15, 0.2) is 11.5 Å². The summed E-state index contributed by atoms with van der Waals surface area (Å²) < 4.78 is 0. The average molecular weight is 466 g/mol. The molecule has 35 heavy (non-hydrogen) atoms. The summed E-state index contributed by atoms with van der Waals surface area (Å²) in [5.41, 5.74) is 4.40. The molecule has 4 nitrogen and oxygen atoms in total. The normalized spacial score (nSPS) is 10.5. The topological polar surface area (TPSA) is 38.8 Å². The first-order valence-corrected chi connectivity index (χ1v) is 12.2. The van der Waals surface area contributed by atoms with Crippen LogP contribution in [0.1, 0.15) is 39.0 Å². The number of hydrogen-bond donors (Lipinski definition) is 0. The van der Waals surface area contributed by atoms with Gasteiger partial charge < -0.3 is 9.68 Å². The molecule has 4 aromatic rings. The van der Waals surface area contributed by atoms with Crippen LogP contribution in [0, 0.1) is 0 Å². The van der Waals surface area contributed by atoms with E-state index in [0.29, 0.717) is 17.9 Å². The van der Waals surface area contributed by atoms with E-state index in [1.54, 1.807) is 0 Å². The fourth-order valence-corrected chi connectivity index (χ4v) is 3.78. The monoisotopic (exact) mass is 465 g/mol. The lowest BCUT2D eigenvalue weighted by Crippen LogP contribution is -2.37. The lowest BCUT2D eigenvalue weighted by molar-refractivity contribution is -0.246. The number of carbonyl (C=O) groups is 1. The molecule has 0 saturated carbocycles. The Kier molecular flexibility index (Phi) is 8.55. The first-order valence-electron chi connectivity index (χ1n) is 12.2. The van der Waals surface area contributed by atoms with Crippen molar-refractivity contribution in [3.63, 3.8) is 0 Å². The highest BCUT2D eigenvalue weighted by Gasteiger charge is 2.19. The summed E-state index contributed by atoms with van der Waals surface area (Å²) in [6.45, 7) is 2.15. The lowest BCUT2D eigenvalue weighted by atomic mass is 10.1. The number of hydrogen-bond acceptors (Lipinski definition) is 3. The highest BCUT2D eigenvalue weighted by atomic mass is 17.0. The van der Waals surface area contributed by atoms with Crippen LogP contribution in [0.4, 0.5) is 0 Å². The van der Waals surface area contributed by atoms with Gasteiger partial charge in [-0.3, -0.25) is 4.79 Å². The molecule has 0 fully saturated rings. The zero-order valence-electron chi connectivity index (χ0n) is 20.1. The van der Waals surface area contributed by atoms with Crippen LogP contribution in [0.25, 0.3) is 22.3 Å². The Hall–Kier alpha value is -4.05. The van der Waals surface area contributed by atoms with Gasteiger partial charge in [-0.15, -0.1) is 0 Å². The maximum atomic E-state index is 13.0. The van der Waals surface area contributed by atoms with Crippen molar-refractivity contribution in [1.29, 1.82) is 0 Å². The van der Waals surface area contributed by atoms with Crippen LogP contribution in [0.3, 0.4) is 0 Å². The minimum Gasteiger partial charge on any atom is -0.343 e. The molecule has 4 heteroatoms. The van der Waals surface area contributed by atoms with Crippen LogP contribution in [0.2, 0.25) is 0 Å². The third kappa shape index (κ3) is 6.97. The van der Waals surface area contributed by atoms with E-state index in [0.717, 1.165) is 53.2 Å². The van der Waals surface area contributed by atoms with Crippen molar-refractivity contribution in [2.75, 3.05) is 0 Å². The standard InChI is InChI=1S/C31H31NO3/c1-2-3-4-11-16-31(33)32(34-29-21-17-27(18-22-29)25-12-7-5-8-13-25)35-30-23-19-28(20-24-30)26-14-9-6-10-15-26/h5-10,12-15,17-24H,2-4,11,16H2,1H3. The number of nitrogens with zero attached hydrogens (tertiary/aromatic N) is 1. The van der Waals surface area contributed by atoms with E-state index in [2.05, 4.69) is 31.2 Å². The Morgan fingerprint density at radius 3 is 1.43 bits per heavy atom. The van der Waals surface area contributed by atoms with Crippen molar-refractivity contribution in [2.45, 2.75) is 39.0 Å². The third-order valence-electron chi connectivity index (χ3n) is 5.75. The number of benzene rings is 4. The fraction of sp³-hybridized carbons (Fsp3) is 0.194. The Balaban J connectivity index is 1.47. The summed E-state index contributed by atoms with van der Waals surface area (Å²) in [5, 5.41) is 1.01. The Labute approximate surface area is 207 Å². The van der Waals surface area contributed by atoms with Gasteiger partial charge in [0.25, 0.3) is 5.91 Å². The second-order valence-electron chi connectivity index (χ2n) is 8.42. The largest absolute Gasteiger partial charge is 0.343 e. The fourth-order valence-electron chi connectivity index (χ4n) is 3.78. The average Bonchev–Trinajstić information content (AvgIpc) is 2.92. The maximum absolute atomic E-state index is 13.0. The quantitative estimate of drug-likeness (QED) is 0.166. The van der Waals surface area contributed by atoms with Gasteiger partial charge in [-0.05, 0) is 52.9 Å². The zero-order valence-corrected chi connectivity index (χ0v) is 20.1. The highest BCUT2D eigenvalue weighted by molar-refractivity contribution is 5.74. The van der Waals surface area contributed by atoms with Crippen molar-refractivity contribution in [3.05, 3.63) is 109 Å². The molecular formula is C31H31NO3. The van der Waals surface area contributed by atoms with Crippen LogP contribution in [0.5, 0.6) is 11.5 Å². The first-order chi connectivity index (χ1) is 17.2. The molecule has 0 spiro atoms. The van der Waals surface area contributed by atoms with Crippen LogP contribution in [-0.4, -0.2) is 11.1 Å².